The van der Waals surface area contributed by atoms with E-state index in [1.54, 1.807) is 11.8 Å². The normalized spacial score (nSPS) is 10.5. The number of anilines is 1. The van der Waals surface area contributed by atoms with E-state index in [0.717, 1.165) is 0 Å². The van der Waals surface area contributed by atoms with Crippen molar-refractivity contribution in [2.24, 2.45) is 0 Å². The van der Waals surface area contributed by atoms with Crippen LogP contribution in [0.25, 0.3) is 5.69 Å². The van der Waals surface area contributed by atoms with Crippen LogP contribution in [0.4, 0.5) is 11.5 Å². The lowest BCUT2D eigenvalue weighted by Gasteiger charge is -2.19. The lowest BCUT2D eigenvalue weighted by Crippen LogP contribution is -2.31. The monoisotopic (exact) mass is 421 g/mol. The van der Waals surface area contributed by atoms with Gasteiger partial charge in [-0.2, -0.15) is 5.10 Å². The molecule has 1 N–H and O–H groups in total. The number of aryl methyl sites for hydroxylation is 1. The number of nitrogens with zero attached hydrogens (tertiary/aromatic N) is 4. The molecule has 0 radical (unpaired) electrons. The Labute approximate surface area is 179 Å². The number of para-hydroxylation sites is 1. The molecule has 0 fully saturated rings. The van der Waals surface area contributed by atoms with E-state index >= 15 is 0 Å². The Morgan fingerprint density at radius 2 is 1.81 bits per heavy atom. The first kappa shape index (κ1) is 21.7. The fourth-order valence-corrected chi connectivity index (χ4v) is 3.25. The molecule has 160 valence electrons. The van der Waals surface area contributed by atoms with Crippen molar-refractivity contribution in [3.8, 4) is 5.69 Å². The van der Waals surface area contributed by atoms with Gasteiger partial charge >= 0.3 is 0 Å². The first-order valence-electron chi connectivity index (χ1n) is 9.86. The highest BCUT2D eigenvalue weighted by atomic mass is 16.6. The van der Waals surface area contributed by atoms with Crippen LogP contribution < -0.4 is 5.32 Å². The molecule has 0 aliphatic heterocycles. The quantitative estimate of drug-likeness (QED) is 0.460. The van der Waals surface area contributed by atoms with Gasteiger partial charge in [0, 0.05) is 30.3 Å². The maximum Gasteiger partial charge on any atom is 0.272 e. The molecule has 0 atom stereocenters. The fraction of sp³-hybridized carbons (Fsp3) is 0.227. The van der Waals surface area contributed by atoms with Gasteiger partial charge in [0.2, 0.25) is 0 Å². The fourth-order valence-electron chi connectivity index (χ4n) is 3.25. The first-order chi connectivity index (χ1) is 14.9. The Morgan fingerprint density at radius 1 is 1.13 bits per heavy atom. The molecule has 0 aliphatic rings. The van der Waals surface area contributed by atoms with Crippen LogP contribution in [0, 0.1) is 17.0 Å². The van der Waals surface area contributed by atoms with Crippen molar-refractivity contribution in [3.63, 3.8) is 0 Å². The predicted octanol–water partition coefficient (Wildman–Crippen LogP) is 3.82. The highest BCUT2D eigenvalue weighted by molar-refractivity contribution is 6.08. The van der Waals surface area contributed by atoms with Crippen LogP contribution in [-0.4, -0.2) is 44.5 Å². The van der Waals surface area contributed by atoms with E-state index in [4.69, 9.17) is 0 Å². The number of amides is 2. The van der Waals surface area contributed by atoms with Crippen LogP contribution in [0.2, 0.25) is 0 Å². The third kappa shape index (κ3) is 4.45. The predicted molar refractivity (Wildman–Crippen MR) is 117 cm³/mol. The van der Waals surface area contributed by atoms with E-state index in [1.807, 2.05) is 44.2 Å². The summed E-state index contributed by atoms with van der Waals surface area (Å²) in [7, 11) is 0. The smallest absolute Gasteiger partial charge is 0.272 e. The van der Waals surface area contributed by atoms with Gasteiger partial charge in [-0.3, -0.25) is 19.7 Å². The number of carbonyl (C=O) groups is 2. The van der Waals surface area contributed by atoms with Gasteiger partial charge < -0.3 is 10.2 Å². The number of hydrogen-bond acceptors (Lipinski definition) is 5. The largest absolute Gasteiger partial charge is 0.339 e. The van der Waals surface area contributed by atoms with Gasteiger partial charge in [-0.1, -0.05) is 18.2 Å². The Kier molecular flexibility index (Phi) is 6.44. The number of nitro benzene ring substituents is 1. The zero-order chi connectivity index (χ0) is 22.5. The number of rotatable bonds is 7. The molecule has 1 heterocycles. The van der Waals surface area contributed by atoms with Crippen molar-refractivity contribution in [2.75, 3.05) is 18.4 Å². The Balaban J connectivity index is 2.03. The van der Waals surface area contributed by atoms with E-state index in [0.29, 0.717) is 24.3 Å². The Morgan fingerprint density at radius 3 is 2.39 bits per heavy atom. The van der Waals surface area contributed by atoms with Gasteiger partial charge in [0.15, 0.2) is 0 Å². The average molecular weight is 421 g/mol. The Bertz CT molecular complexity index is 1120. The number of benzene rings is 2. The molecule has 2 aromatic carbocycles. The van der Waals surface area contributed by atoms with Crippen LogP contribution in [0.15, 0.2) is 54.7 Å². The summed E-state index contributed by atoms with van der Waals surface area (Å²) in [6, 6.07) is 13.3. The van der Waals surface area contributed by atoms with Gasteiger partial charge in [-0.25, -0.2) is 4.68 Å². The number of nitro groups is 1. The maximum atomic E-state index is 13.0. The maximum absolute atomic E-state index is 13.0. The van der Waals surface area contributed by atoms with Crippen LogP contribution in [0.1, 0.15) is 40.1 Å². The molecule has 9 heteroatoms. The summed E-state index contributed by atoms with van der Waals surface area (Å²) in [6.07, 6.45) is 1.43. The highest BCUT2D eigenvalue weighted by Gasteiger charge is 2.24. The second kappa shape index (κ2) is 9.21. The van der Waals surface area contributed by atoms with E-state index in [9.17, 15) is 19.7 Å². The molecule has 0 bridgehead atoms. The zero-order valence-corrected chi connectivity index (χ0v) is 17.5. The third-order valence-corrected chi connectivity index (χ3v) is 4.94. The van der Waals surface area contributed by atoms with Crippen LogP contribution in [0.3, 0.4) is 0 Å². The summed E-state index contributed by atoms with van der Waals surface area (Å²) >= 11 is 0. The number of hydrogen-bond donors (Lipinski definition) is 1. The molecule has 3 aromatic rings. The van der Waals surface area contributed by atoms with Crippen molar-refractivity contribution >= 4 is 23.3 Å². The standard InChI is InChI=1S/C22H23N5O4/c1-4-25(5-2)22(29)18-14-23-26(17-9-7-6-8-10-17)20(18)24-21(28)16-11-12-19(27(30)31)15(3)13-16/h6-14H,4-5H2,1-3H3,(H,24,28). The molecule has 0 unspecified atom stereocenters. The lowest BCUT2D eigenvalue weighted by atomic mass is 10.1. The number of aromatic nitrogens is 2. The third-order valence-electron chi connectivity index (χ3n) is 4.94. The van der Waals surface area contributed by atoms with Crippen molar-refractivity contribution < 1.29 is 14.5 Å². The van der Waals surface area contributed by atoms with Gasteiger partial charge in [0.25, 0.3) is 17.5 Å². The highest BCUT2D eigenvalue weighted by Crippen LogP contribution is 2.24. The molecule has 9 nitrogen and oxygen atoms in total. The molecule has 2 amide bonds. The molecule has 31 heavy (non-hydrogen) atoms. The first-order valence-corrected chi connectivity index (χ1v) is 9.86. The summed E-state index contributed by atoms with van der Waals surface area (Å²) in [4.78, 5) is 38.2. The molecule has 0 saturated carbocycles. The summed E-state index contributed by atoms with van der Waals surface area (Å²) in [5, 5.41) is 18.2. The minimum atomic E-state index is -0.498. The van der Waals surface area contributed by atoms with Crippen LogP contribution >= 0.6 is 0 Å². The average Bonchev–Trinajstić information content (AvgIpc) is 3.18. The van der Waals surface area contributed by atoms with Crippen LogP contribution in [0.5, 0.6) is 0 Å². The second-order valence-electron chi connectivity index (χ2n) is 6.84. The second-order valence-corrected chi connectivity index (χ2v) is 6.84. The molecular weight excluding hydrogens is 398 g/mol. The minimum absolute atomic E-state index is 0.0664. The van der Waals surface area contributed by atoms with E-state index < -0.39 is 10.8 Å². The van der Waals surface area contributed by atoms with E-state index in [1.165, 1.54) is 29.1 Å². The summed E-state index contributed by atoms with van der Waals surface area (Å²) < 4.78 is 1.49. The number of nitrogens with one attached hydrogen (secondary N) is 1. The topological polar surface area (TPSA) is 110 Å². The SMILES string of the molecule is CCN(CC)C(=O)c1cnn(-c2ccccc2)c1NC(=O)c1ccc([N+](=O)[O-])c(C)c1. The van der Waals surface area contributed by atoms with Crippen molar-refractivity contribution in [3.05, 3.63) is 81.5 Å². The van der Waals surface area contributed by atoms with Crippen molar-refractivity contribution in [1.82, 2.24) is 14.7 Å². The molecule has 0 aliphatic carbocycles. The molecule has 3 rings (SSSR count). The molecular formula is C22H23N5O4. The molecule has 1 aromatic heterocycles. The number of carbonyl (C=O) groups excluding carboxylic acids is 2. The summed E-state index contributed by atoms with van der Waals surface area (Å²) in [5.74, 6) is -0.504. The molecule has 0 saturated heterocycles. The van der Waals surface area contributed by atoms with Crippen molar-refractivity contribution in [1.29, 1.82) is 0 Å². The van der Waals surface area contributed by atoms with Crippen LogP contribution in [-0.2, 0) is 0 Å². The van der Waals surface area contributed by atoms with Gasteiger partial charge in [0.1, 0.15) is 11.4 Å². The van der Waals surface area contributed by atoms with E-state index in [-0.39, 0.29) is 28.5 Å². The zero-order valence-electron chi connectivity index (χ0n) is 17.5. The Hall–Kier alpha value is -4.01. The summed E-state index contributed by atoms with van der Waals surface area (Å²) in [6.45, 7) is 6.35. The summed E-state index contributed by atoms with van der Waals surface area (Å²) in [5.41, 5.74) is 1.48. The molecule has 0 spiro atoms. The van der Waals surface area contributed by atoms with Crippen molar-refractivity contribution in [2.45, 2.75) is 20.8 Å². The van der Waals surface area contributed by atoms with Gasteiger partial charge in [-0.05, 0) is 45.0 Å². The lowest BCUT2D eigenvalue weighted by molar-refractivity contribution is -0.385. The van der Waals surface area contributed by atoms with Gasteiger partial charge in [-0.15, -0.1) is 0 Å². The van der Waals surface area contributed by atoms with Gasteiger partial charge in [0.05, 0.1) is 16.8 Å². The minimum Gasteiger partial charge on any atom is -0.339 e. The van der Waals surface area contributed by atoms with E-state index in [2.05, 4.69) is 10.4 Å².